The number of aliphatic hydroxyl groups excluding tert-OH is 1. The first-order valence-electron chi connectivity index (χ1n) is 8.80. The number of hydrogen-bond donors (Lipinski definition) is 1. The predicted octanol–water partition coefficient (Wildman–Crippen LogP) is 1.71. The number of benzene rings is 1. The number of rotatable bonds is 6. The summed E-state index contributed by atoms with van der Waals surface area (Å²) in [6.07, 6.45) is 1.88. The van der Waals surface area contributed by atoms with Crippen molar-refractivity contribution in [2.45, 2.75) is 19.1 Å². The summed E-state index contributed by atoms with van der Waals surface area (Å²) in [6.45, 7) is 1.74. The van der Waals surface area contributed by atoms with Gasteiger partial charge >= 0.3 is 0 Å². The van der Waals surface area contributed by atoms with Crippen LogP contribution in [-0.2, 0) is 17.8 Å². The van der Waals surface area contributed by atoms with E-state index in [2.05, 4.69) is 4.98 Å². The lowest BCUT2D eigenvalue weighted by molar-refractivity contribution is -0.131. The number of likely N-dealkylation sites (N-methyl/N-ethyl adjacent to an activating group) is 1. The minimum absolute atomic E-state index is 0.00261. The van der Waals surface area contributed by atoms with Crippen LogP contribution in [0.2, 0.25) is 0 Å². The zero-order chi connectivity index (χ0) is 18.5. The van der Waals surface area contributed by atoms with Crippen molar-refractivity contribution in [3.05, 3.63) is 65.7 Å². The molecule has 1 aliphatic rings. The van der Waals surface area contributed by atoms with Gasteiger partial charge in [0.2, 0.25) is 5.91 Å². The zero-order valence-electron chi connectivity index (χ0n) is 14.9. The van der Waals surface area contributed by atoms with Gasteiger partial charge in [0.25, 0.3) is 0 Å². The Balaban J connectivity index is 1.51. The molecule has 1 fully saturated rings. The van der Waals surface area contributed by atoms with E-state index in [1.807, 2.05) is 30.1 Å². The average molecular weight is 357 g/mol. The van der Waals surface area contributed by atoms with E-state index in [1.165, 1.54) is 12.1 Å². The lowest BCUT2D eigenvalue weighted by Crippen LogP contribution is -2.38. The Hall–Kier alpha value is -2.31. The highest BCUT2D eigenvalue weighted by atomic mass is 19.1. The van der Waals surface area contributed by atoms with Crippen LogP contribution in [0.5, 0.6) is 0 Å². The van der Waals surface area contributed by atoms with E-state index in [9.17, 15) is 14.3 Å². The number of aliphatic hydroxyl groups is 1. The molecule has 0 unspecified atom stereocenters. The summed E-state index contributed by atoms with van der Waals surface area (Å²) in [7, 11) is 1.86. The van der Waals surface area contributed by atoms with Gasteiger partial charge < -0.3 is 10.0 Å². The molecule has 1 amide bonds. The molecule has 1 aliphatic heterocycles. The number of likely N-dealkylation sites (tertiary alicyclic amines) is 1. The molecule has 0 spiro atoms. The maximum Gasteiger partial charge on any atom is 0.236 e. The molecule has 0 bridgehead atoms. The molecule has 138 valence electrons. The average Bonchev–Trinajstić information content (AvgIpc) is 2.99. The van der Waals surface area contributed by atoms with Gasteiger partial charge in [-0.2, -0.15) is 0 Å². The second kappa shape index (κ2) is 8.38. The molecule has 0 saturated carbocycles. The molecule has 5 nitrogen and oxygen atoms in total. The number of carbonyl (C=O) groups is 1. The minimum Gasteiger partial charge on any atom is -0.391 e. The van der Waals surface area contributed by atoms with Crippen LogP contribution in [0.25, 0.3) is 0 Å². The Kier molecular flexibility index (Phi) is 5.96. The molecule has 0 aliphatic carbocycles. The Labute approximate surface area is 153 Å². The van der Waals surface area contributed by atoms with E-state index >= 15 is 0 Å². The van der Waals surface area contributed by atoms with Crippen molar-refractivity contribution in [3.8, 4) is 0 Å². The first-order valence-corrected chi connectivity index (χ1v) is 8.80. The smallest absolute Gasteiger partial charge is 0.236 e. The Morgan fingerprint density at radius 2 is 2.04 bits per heavy atom. The van der Waals surface area contributed by atoms with Crippen molar-refractivity contribution in [3.63, 3.8) is 0 Å². The number of aromatic nitrogens is 1. The number of halogens is 1. The molecular formula is C20H24FN3O2. The van der Waals surface area contributed by atoms with E-state index < -0.39 is 6.10 Å². The quantitative estimate of drug-likeness (QED) is 0.855. The van der Waals surface area contributed by atoms with E-state index in [0.29, 0.717) is 26.1 Å². The van der Waals surface area contributed by atoms with Crippen LogP contribution in [0.15, 0.2) is 48.7 Å². The molecule has 1 N–H and O–H groups in total. The number of hydrogen-bond acceptors (Lipinski definition) is 4. The molecule has 6 heteroatoms. The highest BCUT2D eigenvalue weighted by molar-refractivity contribution is 5.78. The van der Waals surface area contributed by atoms with Crippen LogP contribution in [-0.4, -0.2) is 58.6 Å². The lowest BCUT2D eigenvalue weighted by atomic mass is 10.00. The lowest BCUT2D eigenvalue weighted by Gasteiger charge is -2.21. The van der Waals surface area contributed by atoms with Gasteiger partial charge in [0.1, 0.15) is 5.82 Å². The fraction of sp³-hybridized carbons (Fsp3) is 0.400. The Morgan fingerprint density at radius 1 is 1.27 bits per heavy atom. The number of pyridine rings is 1. The van der Waals surface area contributed by atoms with Crippen molar-refractivity contribution in [1.29, 1.82) is 0 Å². The van der Waals surface area contributed by atoms with Gasteiger partial charge in [-0.3, -0.25) is 14.7 Å². The summed E-state index contributed by atoms with van der Waals surface area (Å²) in [5.74, 6) is -0.258. The number of carbonyl (C=O) groups excluding carboxylic acids is 1. The van der Waals surface area contributed by atoms with Crippen molar-refractivity contribution in [2.75, 3.05) is 26.7 Å². The SMILES string of the molecule is CN(CC(=O)N1C[C@@H](Cc2ccccn2)[C@H](O)C1)Cc1ccc(F)cc1. The van der Waals surface area contributed by atoms with Gasteiger partial charge in [-0.05, 0) is 43.3 Å². The molecule has 2 aromatic rings. The highest BCUT2D eigenvalue weighted by Crippen LogP contribution is 2.21. The maximum absolute atomic E-state index is 13.0. The van der Waals surface area contributed by atoms with Gasteiger partial charge in [0.05, 0.1) is 12.6 Å². The highest BCUT2D eigenvalue weighted by Gasteiger charge is 2.34. The monoisotopic (exact) mass is 357 g/mol. The third-order valence-electron chi connectivity index (χ3n) is 4.73. The summed E-state index contributed by atoms with van der Waals surface area (Å²) >= 11 is 0. The van der Waals surface area contributed by atoms with Gasteiger partial charge in [-0.15, -0.1) is 0 Å². The standard InChI is InChI=1S/C20H24FN3O2/c1-23(11-15-5-7-17(21)8-6-15)14-20(26)24-12-16(19(25)13-24)10-18-4-2-3-9-22-18/h2-9,16,19,25H,10-14H2,1H3/t16-,19-/m1/s1. The van der Waals surface area contributed by atoms with Crippen LogP contribution >= 0.6 is 0 Å². The van der Waals surface area contributed by atoms with Crippen LogP contribution in [0.3, 0.4) is 0 Å². The second-order valence-corrected chi connectivity index (χ2v) is 6.95. The number of β-amino-alcohol motifs (C(OH)–C–C–N with tert-alkyl or cyclic N) is 1. The summed E-state index contributed by atoms with van der Waals surface area (Å²) < 4.78 is 13.0. The van der Waals surface area contributed by atoms with E-state index in [-0.39, 0.29) is 24.2 Å². The first-order chi connectivity index (χ1) is 12.5. The summed E-state index contributed by atoms with van der Waals surface area (Å²) in [6, 6.07) is 12.0. The van der Waals surface area contributed by atoms with Crippen LogP contribution in [0.1, 0.15) is 11.3 Å². The molecule has 2 atom stereocenters. The molecule has 1 saturated heterocycles. The largest absolute Gasteiger partial charge is 0.391 e. The van der Waals surface area contributed by atoms with Gasteiger partial charge in [0, 0.05) is 37.4 Å². The summed E-state index contributed by atoms with van der Waals surface area (Å²) in [5.41, 5.74) is 1.88. The van der Waals surface area contributed by atoms with E-state index in [4.69, 9.17) is 0 Å². The Morgan fingerprint density at radius 3 is 2.73 bits per heavy atom. The third-order valence-corrected chi connectivity index (χ3v) is 4.73. The minimum atomic E-state index is -0.525. The van der Waals surface area contributed by atoms with Crippen molar-refractivity contribution < 1.29 is 14.3 Å². The Bertz CT molecular complexity index is 724. The molecule has 1 aromatic heterocycles. The van der Waals surface area contributed by atoms with Gasteiger partial charge in [-0.25, -0.2) is 4.39 Å². The normalized spacial score (nSPS) is 19.9. The van der Waals surface area contributed by atoms with Gasteiger partial charge in [0.15, 0.2) is 0 Å². The predicted molar refractivity (Wildman–Crippen MR) is 96.8 cm³/mol. The molecule has 3 rings (SSSR count). The molecule has 26 heavy (non-hydrogen) atoms. The summed E-state index contributed by atoms with van der Waals surface area (Å²) in [4.78, 5) is 20.5. The molecular weight excluding hydrogens is 333 g/mol. The molecule has 2 heterocycles. The van der Waals surface area contributed by atoms with E-state index in [0.717, 1.165) is 11.3 Å². The fourth-order valence-corrected chi connectivity index (χ4v) is 3.33. The molecule has 1 aromatic carbocycles. The second-order valence-electron chi connectivity index (χ2n) is 6.95. The topological polar surface area (TPSA) is 56.7 Å². The third kappa shape index (κ3) is 4.86. The van der Waals surface area contributed by atoms with Gasteiger partial charge in [-0.1, -0.05) is 18.2 Å². The first kappa shape index (κ1) is 18.5. The number of amides is 1. The van der Waals surface area contributed by atoms with Crippen molar-refractivity contribution in [2.24, 2.45) is 5.92 Å². The van der Waals surface area contributed by atoms with Crippen LogP contribution in [0.4, 0.5) is 4.39 Å². The maximum atomic E-state index is 13.0. The molecule has 0 radical (unpaired) electrons. The fourth-order valence-electron chi connectivity index (χ4n) is 3.33. The van der Waals surface area contributed by atoms with E-state index in [1.54, 1.807) is 23.2 Å². The van der Waals surface area contributed by atoms with Crippen LogP contribution < -0.4 is 0 Å². The number of nitrogens with zero attached hydrogens (tertiary/aromatic N) is 3. The van der Waals surface area contributed by atoms with Crippen molar-refractivity contribution in [1.82, 2.24) is 14.8 Å². The van der Waals surface area contributed by atoms with Crippen molar-refractivity contribution >= 4 is 5.91 Å². The zero-order valence-corrected chi connectivity index (χ0v) is 14.9. The summed E-state index contributed by atoms with van der Waals surface area (Å²) in [5, 5.41) is 10.3. The van der Waals surface area contributed by atoms with Crippen LogP contribution in [0, 0.1) is 11.7 Å².